The molecule has 1 atom stereocenters. The molecule has 13 heavy (non-hydrogen) atoms. The maximum atomic E-state index is 4.49. The number of hydrogen-bond donors (Lipinski definition) is 1. The third kappa shape index (κ3) is 2.02. The minimum Gasteiger partial charge on any atom is -0.376 e. The average Bonchev–Trinajstić information content (AvgIpc) is 2.63. The topological polar surface area (TPSA) is 6.48 Å². The third-order valence-electron chi connectivity index (χ3n) is 2.60. The zero-order valence-electron chi connectivity index (χ0n) is 7.98. The Morgan fingerprint density at radius 2 is 2.15 bits per heavy atom. The SMILES string of the molecule is CN1CC(S)C/C1=C\N1CC=CC1. The number of likely N-dealkylation sites (tertiary alicyclic amines) is 1. The van der Waals surface area contributed by atoms with Gasteiger partial charge >= 0.3 is 0 Å². The molecule has 0 aromatic rings. The highest BCUT2D eigenvalue weighted by molar-refractivity contribution is 7.81. The number of rotatable bonds is 1. The molecule has 72 valence electrons. The van der Waals surface area contributed by atoms with Crippen LogP contribution in [0.3, 0.4) is 0 Å². The Hall–Kier alpha value is -0.570. The first kappa shape index (κ1) is 9.00. The fraction of sp³-hybridized carbons (Fsp3) is 0.600. The zero-order chi connectivity index (χ0) is 9.26. The van der Waals surface area contributed by atoms with Crippen LogP contribution in [0.25, 0.3) is 0 Å². The molecule has 0 aliphatic carbocycles. The predicted octanol–water partition coefficient (Wildman–Crippen LogP) is 1.33. The van der Waals surface area contributed by atoms with Crippen LogP contribution in [0.1, 0.15) is 6.42 Å². The van der Waals surface area contributed by atoms with Gasteiger partial charge < -0.3 is 9.80 Å². The fourth-order valence-electron chi connectivity index (χ4n) is 1.86. The fourth-order valence-corrected chi connectivity index (χ4v) is 2.29. The lowest BCUT2D eigenvalue weighted by Gasteiger charge is -2.17. The number of hydrogen-bond acceptors (Lipinski definition) is 3. The monoisotopic (exact) mass is 196 g/mol. The molecule has 0 N–H and O–H groups in total. The molecule has 3 heteroatoms. The molecule has 2 rings (SSSR count). The van der Waals surface area contributed by atoms with E-state index in [-0.39, 0.29) is 0 Å². The first-order chi connectivity index (χ1) is 6.25. The van der Waals surface area contributed by atoms with Crippen molar-refractivity contribution in [1.82, 2.24) is 9.80 Å². The molecule has 0 aromatic heterocycles. The van der Waals surface area contributed by atoms with Gasteiger partial charge in [-0.1, -0.05) is 12.2 Å². The van der Waals surface area contributed by atoms with Crippen molar-refractivity contribution in [1.29, 1.82) is 0 Å². The molecule has 2 aliphatic rings. The number of nitrogens with zero attached hydrogens (tertiary/aromatic N) is 2. The van der Waals surface area contributed by atoms with E-state index < -0.39 is 0 Å². The van der Waals surface area contributed by atoms with Crippen LogP contribution in [0.15, 0.2) is 24.0 Å². The minimum atomic E-state index is 0.520. The minimum absolute atomic E-state index is 0.520. The second kappa shape index (κ2) is 3.66. The van der Waals surface area contributed by atoms with Crippen LogP contribution in [0, 0.1) is 0 Å². The van der Waals surface area contributed by atoms with Gasteiger partial charge in [-0.25, -0.2) is 0 Å². The smallest absolute Gasteiger partial charge is 0.0358 e. The van der Waals surface area contributed by atoms with Crippen LogP contribution in [-0.4, -0.2) is 41.7 Å². The molecule has 0 amide bonds. The normalized spacial score (nSPS) is 30.9. The summed E-state index contributed by atoms with van der Waals surface area (Å²) in [5, 5.41) is 0.520. The zero-order valence-corrected chi connectivity index (χ0v) is 8.87. The summed E-state index contributed by atoms with van der Waals surface area (Å²) in [6.07, 6.45) is 7.81. The van der Waals surface area contributed by atoms with E-state index >= 15 is 0 Å². The van der Waals surface area contributed by atoms with Gasteiger partial charge in [0.25, 0.3) is 0 Å². The van der Waals surface area contributed by atoms with Crippen molar-refractivity contribution in [2.45, 2.75) is 11.7 Å². The summed E-state index contributed by atoms with van der Waals surface area (Å²) in [5.41, 5.74) is 1.42. The van der Waals surface area contributed by atoms with Gasteiger partial charge in [-0.3, -0.25) is 0 Å². The Kier molecular flexibility index (Phi) is 2.54. The van der Waals surface area contributed by atoms with Gasteiger partial charge in [0.05, 0.1) is 0 Å². The average molecular weight is 196 g/mol. The summed E-state index contributed by atoms with van der Waals surface area (Å²) in [6, 6.07) is 0. The van der Waals surface area contributed by atoms with Crippen molar-refractivity contribution < 1.29 is 0 Å². The van der Waals surface area contributed by atoms with Gasteiger partial charge in [0.15, 0.2) is 0 Å². The number of thiol groups is 1. The van der Waals surface area contributed by atoms with Crippen molar-refractivity contribution >= 4 is 12.6 Å². The Balaban J connectivity index is 1.99. The molecule has 0 bridgehead atoms. The van der Waals surface area contributed by atoms with E-state index in [1.54, 1.807) is 0 Å². The van der Waals surface area contributed by atoms with Gasteiger partial charge in [-0.15, -0.1) is 0 Å². The summed E-state index contributed by atoms with van der Waals surface area (Å²) < 4.78 is 0. The molecule has 1 saturated heterocycles. The van der Waals surface area contributed by atoms with Crippen LogP contribution in [0.5, 0.6) is 0 Å². The maximum Gasteiger partial charge on any atom is 0.0358 e. The van der Waals surface area contributed by atoms with Crippen molar-refractivity contribution in [3.63, 3.8) is 0 Å². The first-order valence-corrected chi connectivity index (χ1v) is 5.26. The molecular weight excluding hydrogens is 180 g/mol. The molecule has 0 saturated carbocycles. The quantitative estimate of drug-likeness (QED) is 0.499. The predicted molar refractivity (Wildman–Crippen MR) is 58.8 cm³/mol. The summed E-state index contributed by atoms with van der Waals surface area (Å²) in [4.78, 5) is 4.63. The van der Waals surface area contributed by atoms with Gasteiger partial charge in [0.1, 0.15) is 0 Å². The van der Waals surface area contributed by atoms with Gasteiger partial charge in [-0.2, -0.15) is 12.6 Å². The molecule has 1 fully saturated rings. The van der Waals surface area contributed by atoms with Gasteiger partial charge in [0.2, 0.25) is 0 Å². The van der Waals surface area contributed by atoms with E-state index in [9.17, 15) is 0 Å². The van der Waals surface area contributed by atoms with E-state index in [0.29, 0.717) is 5.25 Å². The number of allylic oxidation sites excluding steroid dienone is 1. The molecule has 0 radical (unpaired) electrons. The molecule has 0 aromatic carbocycles. The Morgan fingerprint density at radius 3 is 2.69 bits per heavy atom. The van der Waals surface area contributed by atoms with E-state index in [1.807, 2.05) is 0 Å². The third-order valence-corrected chi connectivity index (χ3v) is 2.94. The Morgan fingerprint density at radius 1 is 1.46 bits per heavy atom. The molecule has 2 heterocycles. The van der Waals surface area contributed by atoms with Crippen molar-refractivity contribution in [2.75, 3.05) is 26.7 Å². The molecule has 1 unspecified atom stereocenters. The van der Waals surface area contributed by atoms with Crippen LogP contribution in [0.4, 0.5) is 0 Å². The Bertz CT molecular complexity index is 239. The second-order valence-electron chi connectivity index (χ2n) is 3.78. The highest BCUT2D eigenvalue weighted by Gasteiger charge is 2.21. The lowest BCUT2D eigenvalue weighted by molar-refractivity contribution is 0.434. The van der Waals surface area contributed by atoms with Gasteiger partial charge in [0, 0.05) is 50.2 Å². The van der Waals surface area contributed by atoms with E-state index in [2.05, 4.69) is 47.8 Å². The van der Waals surface area contributed by atoms with Crippen LogP contribution in [0.2, 0.25) is 0 Å². The standard InChI is InChI=1S/C10H16N2S/c1-11-8-10(13)6-9(11)7-12-4-2-3-5-12/h2-3,7,10,13H,4-6,8H2,1H3/b9-7+. The summed E-state index contributed by atoms with van der Waals surface area (Å²) in [5.74, 6) is 0. The van der Waals surface area contributed by atoms with Crippen molar-refractivity contribution in [3.8, 4) is 0 Å². The summed E-state index contributed by atoms with van der Waals surface area (Å²) in [6.45, 7) is 3.21. The van der Waals surface area contributed by atoms with Crippen LogP contribution >= 0.6 is 12.6 Å². The molecular formula is C10H16N2S. The van der Waals surface area contributed by atoms with Crippen molar-refractivity contribution in [3.05, 3.63) is 24.0 Å². The summed E-state index contributed by atoms with van der Waals surface area (Å²) >= 11 is 4.49. The van der Waals surface area contributed by atoms with Gasteiger partial charge in [-0.05, 0) is 0 Å². The lowest BCUT2D eigenvalue weighted by Crippen LogP contribution is -2.18. The largest absolute Gasteiger partial charge is 0.376 e. The van der Waals surface area contributed by atoms with E-state index in [0.717, 1.165) is 26.1 Å². The van der Waals surface area contributed by atoms with Crippen LogP contribution in [-0.2, 0) is 0 Å². The second-order valence-corrected chi connectivity index (χ2v) is 4.51. The molecule has 0 spiro atoms. The van der Waals surface area contributed by atoms with E-state index in [1.165, 1.54) is 5.70 Å². The highest BCUT2D eigenvalue weighted by atomic mass is 32.1. The van der Waals surface area contributed by atoms with Crippen molar-refractivity contribution in [2.24, 2.45) is 0 Å². The lowest BCUT2D eigenvalue weighted by atomic mass is 10.3. The highest BCUT2D eigenvalue weighted by Crippen LogP contribution is 2.23. The maximum absolute atomic E-state index is 4.49. The van der Waals surface area contributed by atoms with E-state index in [4.69, 9.17) is 0 Å². The summed E-state index contributed by atoms with van der Waals surface area (Å²) in [7, 11) is 2.14. The van der Waals surface area contributed by atoms with Crippen LogP contribution < -0.4 is 0 Å². The Labute approximate surface area is 85.3 Å². The molecule has 2 nitrogen and oxygen atoms in total. The first-order valence-electron chi connectivity index (χ1n) is 4.74. The molecule has 2 aliphatic heterocycles.